The van der Waals surface area contributed by atoms with Gasteiger partial charge in [-0.25, -0.2) is 0 Å². The Kier molecular flexibility index (Phi) is 3.46. The molecule has 1 atom stereocenters. The number of piperidine rings is 1. The maximum Gasteiger partial charge on any atom is 0.305 e. The molecule has 1 aliphatic heterocycles. The van der Waals surface area contributed by atoms with Gasteiger partial charge in [0.1, 0.15) is 0 Å². The molecule has 0 aliphatic carbocycles. The summed E-state index contributed by atoms with van der Waals surface area (Å²) in [7, 11) is 0. The van der Waals surface area contributed by atoms with Crippen molar-refractivity contribution in [1.82, 2.24) is 4.90 Å². The van der Waals surface area contributed by atoms with E-state index in [1.54, 1.807) is 17.0 Å². The van der Waals surface area contributed by atoms with Gasteiger partial charge >= 0.3 is 5.97 Å². The monoisotopic (exact) mass is 237 g/mol. The first-order chi connectivity index (χ1) is 8.18. The van der Waals surface area contributed by atoms with Crippen LogP contribution in [0, 0.1) is 0 Å². The van der Waals surface area contributed by atoms with Crippen LogP contribution in [0.1, 0.15) is 36.2 Å². The van der Waals surface area contributed by atoms with Crippen molar-refractivity contribution in [3.63, 3.8) is 0 Å². The highest BCUT2D eigenvalue weighted by atomic mass is 16.4. The highest BCUT2D eigenvalue weighted by molar-refractivity contribution is 5.92. The maximum absolute atomic E-state index is 12.1. The number of carbonyl (C=O) groups is 2. The van der Waals surface area contributed by atoms with Crippen LogP contribution in [0.15, 0.2) is 22.8 Å². The molecule has 5 nitrogen and oxygen atoms in total. The number of carboxylic acids is 1. The second-order valence-corrected chi connectivity index (χ2v) is 4.22. The summed E-state index contributed by atoms with van der Waals surface area (Å²) in [4.78, 5) is 24.5. The number of nitrogens with zero attached hydrogens (tertiary/aromatic N) is 1. The first-order valence-electron chi connectivity index (χ1n) is 5.75. The second kappa shape index (κ2) is 5.03. The Morgan fingerprint density at radius 3 is 2.94 bits per heavy atom. The summed E-state index contributed by atoms with van der Waals surface area (Å²) in [5.74, 6) is -0.794. The van der Waals surface area contributed by atoms with E-state index in [1.807, 2.05) is 0 Å². The lowest BCUT2D eigenvalue weighted by atomic mass is 9.99. The topological polar surface area (TPSA) is 70.8 Å². The van der Waals surface area contributed by atoms with Crippen molar-refractivity contribution in [2.45, 2.75) is 31.7 Å². The predicted molar refractivity (Wildman–Crippen MR) is 59.6 cm³/mol. The van der Waals surface area contributed by atoms with E-state index in [-0.39, 0.29) is 24.1 Å². The molecule has 17 heavy (non-hydrogen) atoms. The Morgan fingerprint density at radius 1 is 1.47 bits per heavy atom. The molecule has 1 aromatic rings. The number of aliphatic carboxylic acids is 1. The molecule has 1 fully saturated rings. The summed E-state index contributed by atoms with van der Waals surface area (Å²) in [5, 5.41) is 8.83. The van der Waals surface area contributed by atoms with Crippen molar-refractivity contribution >= 4 is 11.9 Å². The van der Waals surface area contributed by atoms with Crippen LogP contribution in [0.4, 0.5) is 0 Å². The first kappa shape index (κ1) is 11.7. The van der Waals surface area contributed by atoms with Crippen molar-refractivity contribution in [2.24, 2.45) is 0 Å². The third-order valence-corrected chi connectivity index (χ3v) is 3.03. The van der Waals surface area contributed by atoms with Crippen molar-refractivity contribution in [2.75, 3.05) is 6.54 Å². The Balaban J connectivity index is 2.10. The van der Waals surface area contributed by atoms with Gasteiger partial charge in [-0.1, -0.05) is 0 Å². The van der Waals surface area contributed by atoms with Gasteiger partial charge in [0.15, 0.2) is 5.76 Å². The SMILES string of the molecule is O=C(O)CC1CCCCN1C(=O)c1ccco1. The van der Waals surface area contributed by atoms with Crippen LogP contribution < -0.4 is 0 Å². The number of carboxylic acid groups (broad SMARTS) is 1. The summed E-state index contributed by atoms with van der Waals surface area (Å²) in [6.07, 6.45) is 4.09. The van der Waals surface area contributed by atoms with Crippen LogP contribution in [0.5, 0.6) is 0 Å². The average Bonchev–Trinajstić information content (AvgIpc) is 2.81. The molecule has 1 aliphatic rings. The summed E-state index contributed by atoms with van der Waals surface area (Å²) in [6.45, 7) is 0.609. The van der Waals surface area contributed by atoms with E-state index >= 15 is 0 Å². The van der Waals surface area contributed by atoms with E-state index in [0.717, 1.165) is 19.3 Å². The van der Waals surface area contributed by atoms with Crippen LogP contribution in [0.2, 0.25) is 0 Å². The number of hydrogen-bond donors (Lipinski definition) is 1. The van der Waals surface area contributed by atoms with E-state index in [9.17, 15) is 9.59 Å². The highest BCUT2D eigenvalue weighted by Crippen LogP contribution is 2.22. The van der Waals surface area contributed by atoms with Crippen molar-refractivity contribution < 1.29 is 19.1 Å². The molecule has 2 heterocycles. The summed E-state index contributed by atoms with van der Waals surface area (Å²) in [6, 6.07) is 3.05. The molecule has 0 bridgehead atoms. The zero-order valence-electron chi connectivity index (χ0n) is 9.46. The molecule has 1 saturated heterocycles. The van der Waals surface area contributed by atoms with E-state index in [4.69, 9.17) is 9.52 Å². The van der Waals surface area contributed by atoms with Crippen molar-refractivity contribution in [3.05, 3.63) is 24.2 Å². The number of hydrogen-bond acceptors (Lipinski definition) is 3. The number of rotatable bonds is 3. The van der Waals surface area contributed by atoms with Gasteiger partial charge in [0.05, 0.1) is 12.7 Å². The lowest BCUT2D eigenvalue weighted by molar-refractivity contribution is -0.138. The molecule has 0 saturated carbocycles. The molecule has 1 amide bonds. The third kappa shape index (κ3) is 2.67. The van der Waals surface area contributed by atoms with Gasteiger partial charge in [-0.2, -0.15) is 0 Å². The molecule has 1 unspecified atom stereocenters. The molecular weight excluding hydrogens is 222 g/mol. The highest BCUT2D eigenvalue weighted by Gasteiger charge is 2.30. The van der Waals surface area contributed by atoms with E-state index in [2.05, 4.69) is 0 Å². The normalized spacial score (nSPS) is 20.2. The zero-order chi connectivity index (χ0) is 12.3. The van der Waals surface area contributed by atoms with Gasteiger partial charge in [0.2, 0.25) is 0 Å². The van der Waals surface area contributed by atoms with Crippen LogP contribution in [-0.4, -0.2) is 34.5 Å². The molecule has 5 heteroatoms. The van der Waals surface area contributed by atoms with Gasteiger partial charge in [0, 0.05) is 12.6 Å². The molecule has 92 valence electrons. The Bertz CT molecular complexity index is 399. The van der Waals surface area contributed by atoms with Crippen LogP contribution in [0.3, 0.4) is 0 Å². The van der Waals surface area contributed by atoms with E-state index < -0.39 is 5.97 Å². The number of amides is 1. The quantitative estimate of drug-likeness (QED) is 0.869. The first-order valence-corrected chi connectivity index (χ1v) is 5.75. The Morgan fingerprint density at radius 2 is 2.29 bits per heavy atom. The molecule has 0 radical (unpaired) electrons. The molecule has 1 N–H and O–H groups in total. The fraction of sp³-hybridized carbons (Fsp3) is 0.500. The van der Waals surface area contributed by atoms with Crippen molar-refractivity contribution in [3.8, 4) is 0 Å². The number of carbonyl (C=O) groups excluding carboxylic acids is 1. The van der Waals surface area contributed by atoms with Crippen LogP contribution in [0.25, 0.3) is 0 Å². The molecule has 2 rings (SSSR count). The fourth-order valence-electron chi connectivity index (χ4n) is 2.22. The zero-order valence-corrected chi connectivity index (χ0v) is 9.46. The Labute approximate surface area is 99.0 Å². The average molecular weight is 237 g/mol. The van der Waals surface area contributed by atoms with Gasteiger partial charge < -0.3 is 14.4 Å². The molecule has 1 aromatic heterocycles. The molecular formula is C12H15NO4. The molecule has 0 aromatic carbocycles. The fourth-order valence-corrected chi connectivity index (χ4v) is 2.22. The van der Waals surface area contributed by atoms with Gasteiger partial charge in [-0.05, 0) is 31.4 Å². The minimum Gasteiger partial charge on any atom is -0.481 e. The van der Waals surface area contributed by atoms with E-state index in [1.165, 1.54) is 6.26 Å². The number of likely N-dealkylation sites (tertiary alicyclic amines) is 1. The summed E-state index contributed by atoms with van der Waals surface area (Å²) >= 11 is 0. The third-order valence-electron chi connectivity index (χ3n) is 3.03. The smallest absolute Gasteiger partial charge is 0.305 e. The van der Waals surface area contributed by atoms with Crippen molar-refractivity contribution in [1.29, 1.82) is 0 Å². The largest absolute Gasteiger partial charge is 0.481 e. The van der Waals surface area contributed by atoms with Gasteiger partial charge in [-0.3, -0.25) is 9.59 Å². The summed E-state index contributed by atoms with van der Waals surface area (Å²) < 4.78 is 5.06. The van der Waals surface area contributed by atoms with Gasteiger partial charge in [0.25, 0.3) is 5.91 Å². The summed E-state index contributed by atoms with van der Waals surface area (Å²) in [5.41, 5.74) is 0. The Hall–Kier alpha value is -1.78. The van der Waals surface area contributed by atoms with Crippen LogP contribution >= 0.6 is 0 Å². The van der Waals surface area contributed by atoms with Gasteiger partial charge in [-0.15, -0.1) is 0 Å². The second-order valence-electron chi connectivity index (χ2n) is 4.22. The maximum atomic E-state index is 12.1. The standard InChI is InChI=1S/C12H15NO4/c14-11(15)8-9-4-1-2-6-13(9)12(16)10-5-3-7-17-10/h3,5,7,9H,1-2,4,6,8H2,(H,14,15). The lowest BCUT2D eigenvalue weighted by Gasteiger charge is -2.34. The minimum atomic E-state index is -0.867. The van der Waals surface area contributed by atoms with Crippen LogP contribution in [-0.2, 0) is 4.79 Å². The lowest BCUT2D eigenvalue weighted by Crippen LogP contribution is -2.44. The predicted octanol–water partition coefficient (Wildman–Crippen LogP) is 1.75. The minimum absolute atomic E-state index is 0.00640. The molecule has 0 spiro atoms. The van der Waals surface area contributed by atoms with E-state index in [0.29, 0.717) is 6.54 Å². The number of furan rings is 1.